The molecule has 9 heteroatoms. The Morgan fingerprint density at radius 2 is 2.12 bits per heavy atom. The fourth-order valence-corrected chi connectivity index (χ4v) is 4.63. The fourth-order valence-electron chi connectivity index (χ4n) is 4.63. The van der Waals surface area contributed by atoms with Crippen LogP contribution in [0.3, 0.4) is 0 Å². The van der Waals surface area contributed by atoms with Crippen molar-refractivity contribution in [2.45, 2.75) is 32.4 Å². The van der Waals surface area contributed by atoms with E-state index in [0.717, 1.165) is 47.7 Å². The van der Waals surface area contributed by atoms with E-state index < -0.39 is 0 Å². The minimum Gasteiger partial charge on any atom is -0.493 e. The molecule has 2 aromatic carbocycles. The Kier molecular flexibility index (Phi) is 4.72. The molecule has 0 unspecified atom stereocenters. The quantitative estimate of drug-likeness (QED) is 0.470. The van der Waals surface area contributed by atoms with E-state index in [1.807, 2.05) is 19.1 Å². The number of aromatic amines is 1. The highest BCUT2D eigenvalue weighted by molar-refractivity contribution is 5.75. The first-order valence-electron chi connectivity index (χ1n) is 10.9. The van der Waals surface area contributed by atoms with Gasteiger partial charge in [0.1, 0.15) is 17.4 Å². The van der Waals surface area contributed by atoms with Crippen molar-refractivity contribution in [2.75, 3.05) is 20.4 Å². The molecule has 170 valence electrons. The molecule has 0 aliphatic carbocycles. The Balaban J connectivity index is 1.27. The maximum atomic E-state index is 13.6. The third kappa shape index (κ3) is 3.48. The van der Waals surface area contributed by atoms with E-state index in [1.54, 1.807) is 13.2 Å². The number of benzene rings is 2. The number of halogens is 1. The zero-order valence-corrected chi connectivity index (χ0v) is 18.4. The van der Waals surface area contributed by atoms with Gasteiger partial charge in [-0.15, -0.1) is 0 Å². The molecule has 0 radical (unpaired) electrons. The number of aryl methyl sites for hydroxylation is 1. The topological polar surface area (TPSA) is 85.6 Å². The molecular formula is C24H23FN4O4. The average molecular weight is 450 g/mol. The Labute approximate surface area is 189 Å². The van der Waals surface area contributed by atoms with E-state index in [1.165, 1.54) is 12.1 Å². The van der Waals surface area contributed by atoms with Crippen LogP contribution in [-0.4, -0.2) is 40.3 Å². The molecule has 1 atom stereocenters. The minimum absolute atomic E-state index is 0.116. The van der Waals surface area contributed by atoms with Crippen molar-refractivity contribution in [1.82, 2.24) is 19.9 Å². The van der Waals surface area contributed by atoms with Crippen LogP contribution in [0.5, 0.6) is 17.2 Å². The van der Waals surface area contributed by atoms with Crippen molar-refractivity contribution < 1.29 is 23.0 Å². The number of likely N-dealkylation sites (tertiary alicyclic amines) is 1. The molecule has 0 spiro atoms. The van der Waals surface area contributed by atoms with Gasteiger partial charge < -0.3 is 23.6 Å². The Hall–Kier alpha value is -3.59. The lowest BCUT2D eigenvalue weighted by Gasteiger charge is -2.21. The largest absolute Gasteiger partial charge is 0.493 e. The monoisotopic (exact) mass is 450 g/mol. The number of oxazole rings is 1. The smallest absolute Gasteiger partial charge is 0.231 e. The number of imidazole rings is 1. The zero-order valence-electron chi connectivity index (χ0n) is 18.4. The van der Waals surface area contributed by atoms with Crippen LogP contribution in [0.4, 0.5) is 4.39 Å². The number of rotatable bonds is 5. The third-order valence-corrected chi connectivity index (χ3v) is 6.29. The molecule has 2 aromatic heterocycles. The normalized spacial score (nSPS) is 17.8. The molecule has 2 aliphatic rings. The molecule has 0 saturated carbocycles. The molecule has 1 saturated heterocycles. The summed E-state index contributed by atoms with van der Waals surface area (Å²) in [5.74, 6) is 3.64. The van der Waals surface area contributed by atoms with E-state index in [-0.39, 0.29) is 18.7 Å². The van der Waals surface area contributed by atoms with Gasteiger partial charge in [0.2, 0.25) is 18.4 Å². The van der Waals surface area contributed by atoms with E-state index in [9.17, 15) is 4.39 Å². The highest BCUT2D eigenvalue weighted by Crippen LogP contribution is 2.44. The van der Waals surface area contributed by atoms with Crippen molar-refractivity contribution in [3.63, 3.8) is 0 Å². The van der Waals surface area contributed by atoms with Crippen LogP contribution in [0.15, 0.2) is 34.7 Å². The number of hydrogen-bond acceptors (Lipinski definition) is 7. The summed E-state index contributed by atoms with van der Waals surface area (Å²) in [7, 11) is 1.59. The Morgan fingerprint density at radius 1 is 1.21 bits per heavy atom. The summed E-state index contributed by atoms with van der Waals surface area (Å²) in [6, 6.07) is 8.44. The molecule has 1 fully saturated rings. The molecule has 4 heterocycles. The summed E-state index contributed by atoms with van der Waals surface area (Å²) in [6.07, 6.45) is 2.03. The predicted octanol–water partition coefficient (Wildman–Crippen LogP) is 4.74. The van der Waals surface area contributed by atoms with Crippen LogP contribution in [0.2, 0.25) is 0 Å². The van der Waals surface area contributed by atoms with Crippen molar-refractivity contribution in [3.8, 4) is 28.7 Å². The van der Waals surface area contributed by atoms with Crippen molar-refractivity contribution >= 4 is 11.0 Å². The first kappa shape index (κ1) is 20.0. The third-order valence-electron chi connectivity index (χ3n) is 6.29. The fraction of sp³-hybridized carbons (Fsp3) is 0.333. The van der Waals surface area contributed by atoms with Gasteiger partial charge >= 0.3 is 0 Å². The summed E-state index contributed by atoms with van der Waals surface area (Å²) in [4.78, 5) is 15.1. The number of hydrogen-bond donors (Lipinski definition) is 1. The van der Waals surface area contributed by atoms with Crippen LogP contribution in [-0.2, 0) is 6.54 Å². The molecule has 2 aliphatic heterocycles. The number of nitrogens with one attached hydrogen (secondary N) is 1. The summed E-state index contributed by atoms with van der Waals surface area (Å²) in [5, 5.41) is 0. The SMILES string of the molecule is COc1cc(-c2nc(CN3CCC[C@@H]3c3nc4ccc(F)cc4[nH]3)c(C)o2)cc2c1OCO2. The maximum absolute atomic E-state index is 13.6. The standard InChI is InChI=1S/C24H23FN4O4/c1-13-18(28-24(33-13)14-8-20(30-2)22-21(9-14)31-12-32-22)11-29-7-3-4-19(29)23-26-16-6-5-15(25)10-17(16)27-23/h5-6,8-10,19H,3-4,7,11-12H2,1-2H3,(H,26,27)/t19-/m1/s1. The van der Waals surface area contributed by atoms with Crippen LogP contribution in [0.1, 0.15) is 36.2 Å². The second-order valence-corrected chi connectivity index (χ2v) is 8.35. The molecule has 8 nitrogen and oxygen atoms in total. The lowest BCUT2D eigenvalue weighted by Crippen LogP contribution is -2.24. The maximum Gasteiger partial charge on any atom is 0.231 e. The van der Waals surface area contributed by atoms with Gasteiger partial charge in [-0.25, -0.2) is 14.4 Å². The highest BCUT2D eigenvalue weighted by atomic mass is 19.1. The van der Waals surface area contributed by atoms with E-state index in [2.05, 4.69) is 9.88 Å². The van der Waals surface area contributed by atoms with Gasteiger partial charge in [0.25, 0.3) is 0 Å². The molecule has 1 N–H and O–H groups in total. The van der Waals surface area contributed by atoms with E-state index in [0.29, 0.717) is 35.2 Å². The van der Waals surface area contributed by atoms with Gasteiger partial charge in [0.15, 0.2) is 11.5 Å². The van der Waals surface area contributed by atoms with Crippen LogP contribution in [0.25, 0.3) is 22.5 Å². The van der Waals surface area contributed by atoms with Gasteiger partial charge in [0, 0.05) is 12.1 Å². The van der Waals surface area contributed by atoms with Crippen LogP contribution < -0.4 is 14.2 Å². The highest BCUT2D eigenvalue weighted by Gasteiger charge is 2.30. The summed E-state index contributed by atoms with van der Waals surface area (Å²) >= 11 is 0. The predicted molar refractivity (Wildman–Crippen MR) is 118 cm³/mol. The molecule has 0 bridgehead atoms. The Morgan fingerprint density at radius 3 is 3.00 bits per heavy atom. The lowest BCUT2D eigenvalue weighted by molar-refractivity contribution is 0.171. The number of H-pyrrole nitrogens is 1. The van der Waals surface area contributed by atoms with E-state index in [4.69, 9.17) is 28.6 Å². The van der Waals surface area contributed by atoms with E-state index >= 15 is 0 Å². The number of ether oxygens (including phenoxy) is 3. The number of aromatic nitrogens is 3. The number of methoxy groups -OCH3 is 1. The van der Waals surface area contributed by atoms with Gasteiger partial charge in [-0.3, -0.25) is 4.90 Å². The molecule has 33 heavy (non-hydrogen) atoms. The van der Waals surface area contributed by atoms with Crippen LogP contribution in [0, 0.1) is 12.7 Å². The van der Waals surface area contributed by atoms with Gasteiger partial charge in [0.05, 0.1) is 29.9 Å². The Bertz CT molecular complexity index is 1350. The number of nitrogens with zero attached hydrogens (tertiary/aromatic N) is 3. The van der Waals surface area contributed by atoms with Crippen molar-refractivity contribution in [1.29, 1.82) is 0 Å². The average Bonchev–Trinajstić information content (AvgIpc) is 3.59. The molecule has 4 aromatic rings. The van der Waals surface area contributed by atoms with Crippen LogP contribution >= 0.6 is 0 Å². The van der Waals surface area contributed by atoms with Gasteiger partial charge in [-0.2, -0.15) is 0 Å². The first-order valence-corrected chi connectivity index (χ1v) is 10.9. The number of fused-ring (bicyclic) bond motifs is 2. The molecular weight excluding hydrogens is 427 g/mol. The summed E-state index contributed by atoms with van der Waals surface area (Å²) in [6.45, 7) is 3.64. The lowest BCUT2D eigenvalue weighted by atomic mass is 10.2. The zero-order chi connectivity index (χ0) is 22.5. The summed E-state index contributed by atoms with van der Waals surface area (Å²) in [5.41, 5.74) is 3.13. The van der Waals surface area contributed by atoms with Crippen molar-refractivity contribution in [3.05, 3.63) is 53.4 Å². The minimum atomic E-state index is -0.271. The summed E-state index contributed by atoms with van der Waals surface area (Å²) < 4.78 is 36.1. The second-order valence-electron chi connectivity index (χ2n) is 8.35. The first-order chi connectivity index (χ1) is 16.1. The van der Waals surface area contributed by atoms with Crippen molar-refractivity contribution in [2.24, 2.45) is 0 Å². The van der Waals surface area contributed by atoms with Gasteiger partial charge in [-0.05, 0) is 56.6 Å². The molecule has 6 rings (SSSR count). The van der Waals surface area contributed by atoms with Gasteiger partial charge in [-0.1, -0.05) is 0 Å². The second kappa shape index (κ2) is 7.77. The molecule has 0 amide bonds.